The van der Waals surface area contributed by atoms with Crippen molar-refractivity contribution in [3.63, 3.8) is 0 Å². The van der Waals surface area contributed by atoms with Gasteiger partial charge in [0.2, 0.25) is 0 Å². The number of hydrogen-bond donors (Lipinski definition) is 0. The monoisotopic (exact) mass is 417 g/mol. The van der Waals surface area contributed by atoms with E-state index in [1.807, 2.05) is 0 Å². The number of nitrogens with zero attached hydrogens (tertiary/aromatic N) is 3. The van der Waals surface area contributed by atoms with Crippen molar-refractivity contribution in [1.82, 2.24) is 9.80 Å². The number of carbonyl (C=O) groups is 1. The zero-order valence-electron chi connectivity index (χ0n) is 15.1. The highest BCUT2D eigenvalue weighted by atomic mass is 35.5. The van der Waals surface area contributed by atoms with Crippen LogP contribution in [0, 0.1) is 10.1 Å². The van der Waals surface area contributed by atoms with Gasteiger partial charge >= 0.3 is 0 Å². The standard InChI is InChI=1S/C19H16ClN3O4S/c1-21-16(18(24)22(2)19(21)28)10-12-6-7-17(15(20)9-12)27-11-13-4-3-5-14(8-13)23(25)26/h3-10H,11H2,1-2H3. The van der Waals surface area contributed by atoms with Gasteiger partial charge < -0.3 is 9.64 Å². The Hall–Kier alpha value is -2.97. The summed E-state index contributed by atoms with van der Waals surface area (Å²) in [7, 11) is 3.35. The third kappa shape index (κ3) is 3.97. The maximum Gasteiger partial charge on any atom is 0.276 e. The lowest BCUT2D eigenvalue weighted by Crippen LogP contribution is -2.26. The molecule has 28 heavy (non-hydrogen) atoms. The van der Waals surface area contributed by atoms with Crippen LogP contribution in [-0.4, -0.2) is 39.8 Å². The molecule has 0 atom stereocenters. The molecule has 1 saturated heterocycles. The van der Waals surface area contributed by atoms with Crippen LogP contribution >= 0.6 is 23.8 Å². The third-order valence-electron chi connectivity index (χ3n) is 4.23. The van der Waals surface area contributed by atoms with Crippen molar-refractivity contribution in [2.75, 3.05) is 14.1 Å². The predicted molar refractivity (Wildman–Crippen MR) is 110 cm³/mol. The first-order valence-electron chi connectivity index (χ1n) is 8.21. The van der Waals surface area contributed by atoms with E-state index in [-0.39, 0.29) is 18.2 Å². The Balaban J connectivity index is 1.75. The molecule has 0 unspecified atom stereocenters. The van der Waals surface area contributed by atoms with E-state index in [1.165, 1.54) is 17.0 Å². The van der Waals surface area contributed by atoms with E-state index < -0.39 is 4.92 Å². The molecule has 7 nitrogen and oxygen atoms in total. The van der Waals surface area contributed by atoms with E-state index in [1.54, 1.807) is 55.4 Å². The van der Waals surface area contributed by atoms with E-state index in [0.29, 0.717) is 27.1 Å². The number of benzene rings is 2. The summed E-state index contributed by atoms with van der Waals surface area (Å²) in [4.78, 5) is 25.7. The van der Waals surface area contributed by atoms with Crippen LogP contribution in [-0.2, 0) is 11.4 Å². The molecule has 1 amide bonds. The van der Waals surface area contributed by atoms with Crippen LogP contribution in [0.4, 0.5) is 5.69 Å². The van der Waals surface area contributed by atoms with Gasteiger partial charge in [-0.05, 0) is 41.6 Å². The van der Waals surface area contributed by atoms with Crippen molar-refractivity contribution < 1.29 is 14.5 Å². The van der Waals surface area contributed by atoms with Gasteiger partial charge in [-0.25, -0.2) is 0 Å². The highest BCUT2D eigenvalue weighted by Crippen LogP contribution is 2.29. The predicted octanol–water partition coefficient (Wildman–Crippen LogP) is 3.86. The van der Waals surface area contributed by atoms with E-state index in [4.69, 9.17) is 28.6 Å². The normalized spacial score (nSPS) is 15.5. The van der Waals surface area contributed by atoms with Crippen LogP contribution in [0.15, 0.2) is 48.2 Å². The average molecular weight is 418 g/mol. The molecular formula is C19H16ClN3O4S. The number of rotatable bonds is 5. The summed E-state index contributed by atoms with van der Waals surface area (Å²) < 4.78 is 5.68. The van der Waals surface area contributed by atoms with Crippen molar-refractivity contribution in [1.29, 1.82) is 0 Å². The smallest absolute Gasteiger partial charge is 0.276 e. The number of non-ortho nitro benzene ring substituents is 1. The van der Waals surface area contributed by atoms with Gasteiger partial charge in [-0.2, -0.15) is 0 Å². The molecule has 1 heterocycles. The third-order valence-corrected chi connectivity index (χ3v) is 5.08. The van der Waals surface area contributed by atoms with Gasteiger partial charge in [-0.1, -0.05) is 29.8 Å². The lowest BCUT2D eigenvalue weighted by Gasteiger charge is -2.11. The van der Waals surface area contributed by atoms with Crippen molar-refractivity contribution in [3.8, 4) is 5.75 Å². The Labute approximate surface area is 171 Å². The first-order valence-corrected chi connectivity index (χ1v) is 8.99. The summed E-state index contributed by atoms with van der Waals surface area (Å²) in [5.74, 6) is 0.253. The first-order chi connectivity index (χ1) is 13.3. The highest BCUT2D eigenvalue weighted by molar-refractivity contribution is 7.80. The largest absolute Gasteiger partial charge is 0.487 e. The Morgan fingerprint density at radius 3 is 2.57 bits per heavy atom. The molecule has 0 aliphatic carbocycles. The number of thiocarbonyl (C=S) groups is 1. The van der Waals surface area contributed by atoms with Crippen LogP contribution in [0.5, 0.6) is 5.75 Å². The molecule has 1 aliphatic rings. The van der Waals surface area contributed by atoms with Crippen molar-refractivity contribution >= 4 is 46.6 Å². The van der Waals surface area contributed by atoms with E-state index >= 15 is 0 Å². The average Bonchev–Trinajstić information content (AvgIpc) is 2.85. The maximum absolute atomic E-state index is 12.2. The Morgan fingerprint density at radius 1 is 1.21 bits per heavy atom. The van der Waals surface area contributed by atoms with Gasteiger partial charge in [0.05, 0.1) is 9.95 Å². The number of ether oxygens (including phenoxy) is 1. The second-order valence-corrected chi connectivity index (χ2v) is 6.91. The topological polar surface area (TPSA) is 75.9 Å². The Kier molecular flexibility index (Phi) is 5.62. The molecule has 2 aromatic rings. The van der Waals surface area contributed by atoms with Gasteiger partial charge in [-0.3, -0.25) is 19.8 Å². The Bertz CT molecular complexity index is 1010. The summed E-state index contributed by atoms with van der Waals surface area (Å²) in [6.45, 7) is 0.141. The van der Waals surface area contributed by atoms with Crippen LogP contribution in [0.2, 0.25) is 5.02 Å². The number of amides is 1. The molecule has 0 aromatic heterocycles. The molecule has 0 saturated carbocycles. The summed E-state index contributed by atoms with van der Waals surface area (Å²) in [5.41, 5.74) is 1.84. The molecule has 1 aliphatic heterocycles. The van der Waals surface area contributed by atoms with E-state index in [2.05, 4.69) is 0 Å². The molecule has 3 rings (SSSR count). The molecule has 0 N–H and O–H groups in total. The van der Waals surface area contributed by atoms with Gasteiger partial charge in [-0.15, -0.1) is 0 Å². The second kappa shape index (κ2) is 7.95. The molecule has 144 valence electrons. The molecule has 0 radical (unpaired) electrons. The van der Waals surface area contributed by atoms with Gasteiger partial charge in [0.1, 0.15) is 18.1 Å². The number of carbonyl (C=O) groups excluding carboxylic acids is 1. The van der Waals surface area contributed by atoms with Crippen molar-refractivity contribution in [2.24, 2.45) is 0 Å². The molecule has 1 fully saturated rings. The fraction of sp³-hybridized carbons (Fsp3) is 0.158. The minimum absolute atomic E-state index is 0.00222. The molecule has 0 bridgehead atoms. The van der Waals surface area contributed by atoms with Crippen molar-refractivity contribution in [2.45, 2.75) is 6.61 Å². The van der Waals surface area contributed by atoms with Gasteiger partial charge in [0.25, 0.3) is 11.6 Å². The fourth-order valence-electron chi connectivity index (χ4n) is 2.69. The molecule has 0 spiro atoms. The molecule has 2 aromatic carbocycles. The first kappa shape index (κ1) is 19.8. The number of nitro benzene ring substituents is 1. The second-order valence-electron chi connectivity index (χ2n) is 6.14. The van der Waals surface area contributed by atoms with Crippen LogP contribution in [0.3, 0.4) is 0 Å². The van der Waals surface area contributed by atoms with Crippen LogP contribution in [0.25, 0.3) is 6.08 Å². The molecular weight excluding hydrogens is 402 g/mol. The van der Waals surface area contributed by atoms with Crippen LogP contribution in [0.1, 0.15) is 11.1 Å². The minimum atomic E-state index is -0.455. The number of hydrogen-bond acceptors (Lipinski definition) is 5. The number of nitro groups is 1. The lowest BCUT2D eigenvalue weighted by atomic mass is 10.1. The van der Waals surface area contributed by atoms with Gasteiger partial charge in [0.15, 0.2) is 5.11 Å². The minimum Gasteiger partial charge on any atom is -0.487 e. The summed E-state index contributed by atoms with van der Waals surface area (Å²) in [6.07, 6.45) is 1.70. The number of likely N-dealkylation sites (N-methyl/N-ethyl adjacent to an activating group) is 2. The van der Waals surface area contributed by atoms with Gasteiger partial charge in [0, 0.05) is 26.2 Å². The fourth-order valence-corrected chi connectivity index (χ4v) is 3.12. The summed E-state index contributed by atoms with van der Waals surface area (Å²) >= 11 is 11.5. The zero-order valence-corrected chi connectivity index (χ0v) is 16.7. The van der Waals surface area contributed by atoms with E-state index in [0.717, 1.165) is 5.56 Å². The zero-order chi connectivity index (χ0) is 20.4. The number of halogens is 1. The SMILES string of the molecule is CN1C(=O)C(=Cc2ccc(OCc3cccc([N+](=O)[O-])c3)c(Cl)c2)N(C)C1=S. The summed E-state index contributed by atoms with van der Waals surface area (Å²) in [5, 5.41) is 11.6. The van der Waals surface area contributed by atoms with E-state index in [9.17, 15) is 14.9 Å². The molecule has 9 heteroatoms. The lowest BCUT2D eigenvalue weighted by molar-refractivity contribution is -0.384. The Morgan fingerprint density at radius 2 is 1.96 bits per heavy atom. The highest BCUT2D eigenvalue weighted by Gasteiger charge is 2.32. The van der Waals surface area contributed by atoms with Crippen molar-refractivity contribution in [3.05, 3.63) is 74.4 Å². The summed E-state index contributed by atoms with van der Waals surface area (Å²) in [6, 6.07) is 11.3. The quantitative estimate of drug-likeness (QED) is 0.318. The van der Waals surface area contributed by atoms with Crippen LogP contribution < -0.4 is 4.74 Å². The maximum atomic E-state index is 12.2.